The minimum Gasteiger partial charge on any atom is -0.497 e. The van der Waals surface area contributed by atoms with Gasteiger partial charge in [-0.3, -0.25) is 14.9 Å². The van der Waals surface area contributed by atoms with Gasteiger partial charge in [-0.15, -0.1) is 0 Å². The lowest BCUT2D eigenvalue weighted by Gasteiger charge is -2.32. The van der Waals surface area contributed by atoms with Gasteiger partial charge in [0.1, 0.15) is 17.8 Å². The maximum Gasteiger partial charge on any atom is 0.287 e. The fourth-order valence-corrected chi connectivity index (χ4v) is 6.77. The van der Waals surface area contributed by atoms with Gasteiger partial charge in [-0.25, -0.2) is 13.4 Å². The summed E-state index contributed by atoms with van der Waals surface area (Å²) in [6, 6.07) is 8.84. The summed E-state index contributed by atoms with van der Waals surface area (Å²) < 4.78 is 44.6. The number of pyridine rings is 1. The number of sulfonamides is 1. The summed E-state index contributed by atoms with van der Waals surface area (Å²) in [5.74, 6) is 1.21. The van der Waals surface area contributed by atoms with E-state index in [1.807, 2.05) is 6.08 Å². The topological polar surface area (TPSA) is 182 Å². The molecule has 4 rings (SSSR count). The highest BCUT2D eigenvalue weighted by Gasteiger charge is 2.34. The van der Waals surface area contributed by atoms with Gasteiger partial charge in [-0.2, -0.15) is 4.31 Å². The molecule has 240 valence electrons. The Labute approximate surface area is 256 Å². The van der Waals surface area contributed by atoms with Crippen LogP contribution in [0.2, 0.25) is 0 Å². The van der Waals surface area contributed by atoms with E-state index in [-0.39, 0.29) is 55.1 Å². The Hall–Kier alpha value is -3.79. The lowest BCUT2D eigenvalue weighted by Crippen LogP contribution is -2.39. The molecule has 0 unspecified atom stereocenters. The standard InChI is InChI=1S/C29H39N5O9S/c1-41-24-7-9-25(10-8-24)44(39,40)33(14-16-35)15-17-42-28-19-22(21-4-2-3-5-21)18-26(43-28)29(36)31-13-12-30-27-11-6-23(20-32-27)34(37)38/h6-11,18,20-22,28,35H,2-5,12-17,19H2,1H3,(H,30,32)(H,31,36)/t22-,28+/m1/s1. The summed E-state index contributed by atoms with van der Waals surface area (Å²) >= 11 is 0. The third-order valence-electron chi connectivity index (χ3n) is 7.68. The number of nitrogens with one attached hydrogen (secondary N) is 2. The number of aliphatic hydroxyl groups excluding tert-OH is 1. The number of hydrogen-bond acceptors (Lipinski definition) is 11. The highest BCUT2D eigenvalue weighted by atomic mass is 32.2. The van der Waals surface area contributed by atoms with Crippen LogP contribution in [0, 0.1) is 22.0 Å². The van der Waals surface area contributed by atoms with Crippen molar-refractivity contribution < 1.29 is 37.5 Å². The van der Waals surface area contributed by atoms with Crippen molar-refractivity contribution >= 4 is 27.4 Å². The predicted molar refractivity (Wildman–Crippen MR) is 160 cm³/mol. The van der Waals surface area contributed by atoms with E-state index in [9.17, 15) is 28.4 Å². The summed E-state index contributed by atoms with van der Waals surface area (Å²) in [7, 11) is -2.40. The van der Waals surface area contributed by atoms with Crippen molar-refractivity contribution in [2.24, 2.45) is 11.8 Å². The second kappa shape index (κ2) is 15.8. The molecule has 2 heterocycles. The Morgan fingerprint density at radius 3 is 2.55 bits per heavy atom. The first-order chi connectivity index (χ1) is 21.2. The summed E-state index contributed by atoms with van der Waals surface area (Å²) in [6.07, 6.45) is 7.19. The Kier molecular flexibility index (Phi) is 11.9. The molecular weight excluding hydrogens is 594 g/mol. The third-order valence-corrected chi connectivity index (χ3v) is 9.60. The second-order valence-electron chi connectivity index (χ2n) is 10.5. The molecule has 0 spiro atoms. The van der Waals surface area contributed by atoms with Gasteiger partial charge >= 0.3 is 0 Å². The van der Waals surface area contributed by atoms with Crippen molar-refractivity contribution in [3.8, 4) is 5.75 Å². The monoisotopic (exact) mass is 633 g/mol. The SMILES string of the molecule is COc1ccc(S(=O)(=O)N(CCO)CCO[C@@H]2C[C@H](C3CCCC3)C=C(C(=O)NCCNc3ccc([N+](=O)[O-])cn3)O2)cc1. The number of rotatable bonds is 16. The van der Waals surface area contributed by atoms with Crippen molar-refractivity contribution in [3.63, 3.8) is 0 Å². The van der Waals surface area contributed by atoms with Gasteiger partial charge in [0.25, 0.3) is 11.6 Å². The summed E-state index contributed by atoms with van der Waals surface area (Å²) in [5.41, 5.74) is -0.112. The van der Waals surface area contributed by atoms with E-state index in [0.29, 0.717) is 30.5 Å². The van der Waals surface area contributed by atoms with E-state index in [1.165, 1.54) is 31.4 Å². The van der Waals surface area contributed by atoms with Crippen molar-refractivity contribution in [1.82, 2.24) is 14.6 Å². The number of benzene rings is 1. The molecule has 0 saturated heterocycles. The maximum absolute atomic E-state index is 13.2. The van der Waals surface area contributed by atoms with Gasteiger partial charge < -0.3 is 30.0 Å². The Morgan fingerprint density at radius 1 is 1.16 bits per heavy atom. The van der Waals surface area contributed by atoms with E-state index in [1.54, 1.807) is 12.1 Å². The molecule has 15 heteroatoms. The van der Waals surface area contributed by atoms with E-state index >= 15 is 0 Å². The Morgan fingerprint density at radius 2 is 1.91 bits per heavy atom. The van der Waals surface area contributed by atoms with Crippen molar-refractivity contribution in [2.75, 3.05) is 51.8 Å². The zero-order valence-corrected chi connectivity index (χ0v) is 25.4. The summed E-state index contributed by atoms with van der Waals surface area (Å²) in [5, 5.41) is 26.1. The van der Waals surface area contributed by atoms with Crippen molar-refractivity contribution in [1.29, 1.82) is 0 Å². The number of aliphatic hydroxyl groups is 1. The minimum atomic E-state index is -3.90. The number of amides is 1. The van der Waals surface area contributed by atoms with Crippen LogP contribution in [-0.4, -0.2) is 86.4 Å². The van der Waals surface area contributed by atoms with Crippen molar-refractivity contribution in [2.45, 2.75) is 43.3 Å². The van der Waals surface area contributed by atoms with Crippen LogP contribution in [0.25, 0.3) is 0 Å². The molecule has 1 aliphatic heterocycles. The lowest BCUT2D eigenvalue weighted by molar-refractivity contribution is -0.385. The molecule has 1 fully saturated rings. The second-order valence-corrected chi connectivity index (χ2v) is 12.5. The summed E-state index contributed by atoms with van der Waals surface area (Å²) in [4.78, 5) is 27.3. The van der Waals surface area contributed by atoms with Crippen LogP contribution in [0.15, 0.2) is 59.3 Å². The predicted octanol–water partition coefficient (Wildman–Crippen LogP) is 2.66. The maximum atomic E-state index is 13.2. The van der Waals surface area contributed by atoms with Crippen LogP contribution >= 0.6 is 0 Å². The van der Waals surface area contributed by atoms with Crippen LogP contribution in [0.1, 0.15) is 32.1 Å². The molecule has 2 aromatic rings. The molecule has 1 aromatic heterocycles. The molecule has 1 saturated carbocycles. The molecule has 1 amide bonds. The number of nitro groups is 1. The number of carbonyl (C=O) groups is 1. The number of allylic oxidation sites excluding steroid dienone is 1. The van der Waals surface area contributed by atoms with E-state index in [0.717, 1.165) is 36.2 Å². The molecule has 2 atom stereocenters. The average Bonchev–Trinajstić information content (AvgIpc) is 3.58. The molecule has 2 aliphatic rings. The molecule has 3 N–H and O–H groups in total. The average molecular weight is 634 g/mol. The zero-order valence-electron chi connectivity index (χ0n) is 24.6. The van der Waals surface area contributed by atoms with Crippen LogP contribution in [-0.2, 0) is 24.3 Å². The highest BCUT2D eigenvalue weighted by Crippen LogP contribution is 2.38. The molecular formula is C29H39N5O9S. The number of carbonyl (C=O) groups excluding carboxylic acids is 1. The Balaban J connectivity index is 1.32. The number of hydrogen-bond donors (Lipinski definition) is 3. The van der Waals surface area contributed by atoms with E-state index in [2.05, 4.69) is 15.6 Å². The molecule has 1 aromatic carbocycles. The first kappa shape index (κ1) is 33.1. The van der Waals surface area contributed by atoms with Crippen LogP contribution < -0.4 is 15.4 Å². The molecule has 0 bridgehead atoms. The lowest BCUT2D eigenvalue weighted by atomic mass is 9.86. The van der Waals surface area contributed by atoms with Gasteiger partial charge in [0.2, 0.25) is 16.3 Å². The number of ether oxygens (including phenoxy) is 3. The number of anilines is 1. The van der Waals surface area contributed by atoms with Gasteiger partial charge in [0, 0.05) is 38.7 Å². The Bertz CT molecular complexity index is 1380. The van der Waals surface area contributed by atoms with E-state index < -0.39 is 27.1 Å². The van der Waals surface area contributed by atoms with Crippen molar-refractivity contribution in [3.05, 3.63) is 64.5 Å². The highest BCUT2D eigenvalue weighted by molar-refractivity contribution is 7.89. The van der Waals surface area contributed by atoms with Crippen LogP contribution in [0.5, 0.6) is 5.75 Å². The first-order valence-electron chi connectivity index (χ1n) is 14.6. The first-order valence-corrected chi connectivity index (χ1v) is 16.0. The minimum absolute atomic E-state index is 0.00149. The number of aromatic nitrogens is 1. The van der Waals surface area contributed by atoms with Gasteiger partial charge in [-0.05, 0) is 61.1 Å². The molecule has 0 radical (unpaired) electrons. The zero-order chi connectivity index (χ0) is 31.5. The number of nitrogens with zero attached hydrogens (tertiary/aromatic N) is 3. The van der Waals surface area contributed by atoms with Crippen LogP contribution in [0.4, 0.5) is 11.5 Å². The fourth-order valence-electron chi connectivity index (χ4n) is 5.36. The quantitative estimate of drug-likeness (QED) is 0.140. The number of methoxy groups -OCH3 is 1. The van der Waals surface area contributed by atoms with E-state index in [4.69, 9.17) is 14.2 Å². The molecule has 44 heavy (non-hydrogen) atoms. The normalized spacial score (nSPS) is 18.8. The van der Waals surface area contributed by atoms with Gasteiger partial charge in [0.05, 0.1) is 30.1 Å². The molecule has 14 nitrogen and oxygen atoms in total. The molecule has 1 aliphatic carbocycles. The summed E-state index contributed by atoms with van der Waals surface area (Å²) in [6.45, 7) is 0.0947. The largest absolute Gasteiger partial charge is 0.497 e. The van der Waals surface area contributed by atoms with Gasteiger partial charge in [-0.1, -0.05) is 12.8 Å². The van der Waals surface area contributed by atoms with Crippen LogP contribution in [0.3, 0.4) is 0 Å². The fraction of sp³-hybridized carbons (Fsp3) is 0.517. The van der Waals surface area contributed by atoms with Gasteiger partial charge in [0.15, 0.2) is 5.76 Å². The smallest absolute Gasteiger partial charge is 0.287 e. The third kappa shape index (κ3) is 8.87.